The van der Waals surface area contributed by atoms with E-state index in [1.165, 1.54) is 6.26 Å². The second-order valence-electron chi connectivity index (χ2n) is 5.98. The van der Waals surface area contributed by atoms with Crippen LogP contribution in [0.4, 0.5) is 0 Å². The van der Waals surface area contributed by atoms with E-state index >= 15 is 0 Å². The van der Waals surface area contributed by atoms with Gasteiger partial charge in [0.05, 0.1) is 12.8 Å². The molecule has 3 rings (SSSR count). The van der Waals surface area contributed by atoms with Gasteiger partial charge in [-0.1, -0.05) is 35.5 Å². The molecular weight excluding hydrogens is 314 g/mol. The van der Waals surface area contributed by atoms with Crippen LogP contribution in [0.1, 0.15) is 18.6 Å². The lowest BCUT2D eigenvalue weighted by Gasteiger charge is -2.31. The van der Waals surface area contributed by atoms with Crippen molar-refractivity contribution in [2.24, 2.45) is 0 Å². The molecular formula is C16H21N3O3S. The van der Waals surface area contributed by atoms with Crippen LogP contribution in [-0.4, -0.2) is 43.9 Å². The zero-order chi connectivity index (χ0) is 16.3. The average Bonchev–Trinajstić information content (AvgIpc) is 2.97. The molecule has 0 atom stereocenters. The van der Waals surface area contributed by atoms with Crippen LogP contribution in [-0.2, 0) is 16.6 Å². The number of hydrogen-bond acceptors (Lipinski definition) is 5. The van der Waals surface area contributed by atoms with Crippen molar-refractivity contribution in [3.8, 4) is 11.3 Å². The van der Waals surface area contributed by atoms with Crippen LogP contribution in [0.15, 0.2) is 40.9 Å². The highest BCUT2D eigenvalue weighted by molar-refractivity contribution is 7.88. The fourth-order valence-electron chi connectivity index (χ4n) is 2.86. The lowest BCUT2D eigenvalue weighted by molar-refractivity contribution is 0.180. The highest BCUT2D eigenvalue weighted by Crippen LogP contribution is 2.20. The molecule has 0 radical (unpaired) electrons. The van der Waals surface area contributed by atoms with E-state index < -0.39 is 10.0 Å². The summed E-state index contributed by atoms with van der Waals surface area (Å²) in [5.41, 5.74) is 1.88. The normalized spacial score (nSPS) is 17.4. The lowest BCUT2D eigenvalue weighted by Crippen LogP contribution is -2.43. The van der Waals surface area contributed by atoms with Crippen molar-refractivity contribution >= 4 is 10.0 Å². The SMILES string of the molecule is CS(=O)(=O)NC1CCN(Cc2cc(-c3ccccc3)no2)CC1. The Bertz CT molecular complexity index is 735. The van der Waals surface area contributed by atoms with Gasteiger partial charge in [-0.3, -0.25) is 4.90 Å². The summed E-state index contributed by atoms with van der Waals surface area (Å²) < 4.78 is 30.6. The summed E-state index contributed by atoms with van der Waals surface area (Å²) in [5.74, 6) is 0.832. The number of hydrogen-bond donors (Lipinski definition) is 1. The van der Waals surface area contributed by atoms with Gasteiger partial charge in [0.2, 0.25) is 10.0 Å². The minimum absolute atomic E-state index is 0.0378. The lowest BCUT2D eigenvalue weighted by atomic mass is 10.1. The Balaban J connectivity index is 1.54. The van der Waals surface area contributed by atoms with Crippen molar-refractivity contribution in [2.75, 3.05) is 19.3 Å². The van der Waals surface area contributed by atoms with E-state index in [1.54, 1.807) is 0 Å². The first kappa shape index (κ1) is 16.2. The molecule has 1 N–H and O–H groups in total. The summed E-state index contributed by atoms with van der Waals surface area (Å²) in [6.45, 7) is 2.38. The molecule has 7 heteroatoms. The Kier molecular flexibility index (Phi) is 4.79. The molecule has 1 aliphatic heterocycles. The summed E-state index contributed by atoms with van der Waals surface area (Å²) in [7, 11) is -3.12. The van der Waals surface area contributed by atoms with Crippen LogP contribution in [0, 0.1) is 0 Å². The van der Waals surface area contributed by atoms with Crippen molar-refractivity contribution in [3.05, 3.63) is 42.2 Å². The molecule has 1 saturated heterocycles. The first-order valence-electron chi connectivity index (χ1n) is 7.70. The van der Waals surface area contributed by atoms with Gasteiger partial charge in [0, 0.05) is 30.8 Å². The van der Waals surface area contributed by atoms with E-state index in [0.29, 0.717) is 6.54 Å². The van der Waals surface area contributed by atoms with Crippen LogP contribution < -0.4 is 4.72 Å². The first-order valence-corrected chi connectivity index (χ1v) is 9.59. The molecule has 0 saturated carbocycles. The van der Waals surface area contributed by atoms with Crippen molar-refractivity contribution < 1.29 is 12.9 Å². The summed E-state index contributed by atoms with van der Waals surface area (Å²) in [6, 6.07) is 11.9. The van der Waals surface area contributed by atoms with Gasteiger partial charge < -0.3 is 4.52 Å². The Labute approximate surface area is 136 Å². The molecule has 1 fully saturated rings. The molecule has 6 nitrogen and oxygen atoms in total. The van der Waals surface area contributed by atoms with Gasteiger partial charge >= 0.3 is 0 Å². The Hall–Kier alpha value is -1.70. The fourth-order valence-corrected chi connectivity index (χ4v) is 3.71. The second-order valence-corrected chi connectivity index (χ2v) is 7.76. The molecule has 2 aromatic rings. The molecule has 0 bridgehead atoms. The summed E-state index contributed by atoms with van der Waals surface area (Å²) in [5, 5.41) is 4.12. The number of benzene rings is 1. The number of nitrogens with one attached hydrogen (secondary N) is 1. The van der Waals surface area contributed by atoms with Crippen LogP contribution in [0.3, 0.4) is 0 Å². The molecule has 2 heterocycles. The van der Waals surface area contributed by atoms with Crippen LogP contribution >= 0.6 is 0 Å². The molecule has 0 aliphatic carbocycles. The van der Waals surface area contributed by atoms with Crippen molar-refractivity contribution in [3.63, 3.8) is 0 Å². The van der Waals surface area contributed by atoms with E-state index in [0.717, 1.165) is 42.9 Å². The molecule has 124 valence electrons. The van der Waals surface area contributed by atoms with Gasteiger partial charge in [-0.25, -0.2) is 13.1 Å². The van der Waals surface area contributed by atoms with Gasteiger partial charge in [-0.2, -0.15) is 0 Å². The minimum atomic E-state index is -3.12. The highest BCUT2D eigenvalue weighted by atomic mass is 32.2. The van der Waals surface area contributed by atoms with Gasteiger partial charge in [-0.05, 0) is 12.8 Å². The largest absolute Gasteiger partial charge is 0.359 e. The summed E-state index contributed by atoms with van der Waals surface area (Å²) in [4.78, 5) is 2.26. The Morgan fingerprint density at radius 2 is 1.96 bits per heavy atom. The average molecular weight is 335 g/mol. The summed E-state index contributed by atoms with van der Waals surface area (Å²) >= 11 is 0. The number of piperidine rings is 1. The van der Waals surface area contributed by atoms with E-state index in [1.807, 2.05) is 36.4 Å². The molecule has 0 amide bonds. The molecule has 1 aliphatic rings. The monoisotopic (exact) mass is 335 g/mol. The van der Waals surface area contributed by atoms with Crippen molar-refractivity contribution in [1.82, 2.24) is 14.8 Å². The van der Waals surface area contributed by atoms with Crippen molar-refractivity contribution in [2.45, 2.75) is 25.4 Å². The molecule has 0 unspecified atom stereocenters. The zero-order valence-electron chi connectivity index (χ0n) is 13.1. The van der Waals surface area contributed by atoms with Crippen LogP contribution in [0.25, 0.3) is 11.3 Å². The quantitative estimate of drug-likeness (QED) is 0.902. The number of aromatic nitrogens is 1. The Morgan fingerprint density at radius 3 is 2.61 bits per heavy atom. The van der Waals surface area contributed by atoms with Gasteiger partial charge in [0.25, 0.3) is 0 Å². The molecule has 23 heavy (non-hydrogen) atoms. The Morgan fingerprint density at radius 1 is 1.26 bits per heavy atom. The molecule has 1 aromatic carbocycles. The highest BCUT2D eigenvalue weighted by Gasteiger charge is 2.22. The number of nitrogens with zero attached hydrogens (tertiary/aromatic N) is 2. The van der Waals surface area contributed by atoms with E-state index in [2.05, 4.69) is 14.8 Å². The third-order valence-electron chi connectivity index (χ3n) is 3.98. The predicted octanol–water partition coefficient (Wildman–Crippen LogP) is 1.86. The van der Waals surface area contributed by atoms with Crippen LogP contribution in [0.5, 0.6) is 0 Å². The van der Waals surface area contributed by atoms with Crippen molar-refractivity contribution in [1.29, 1.82) is 0 Å². The topological polar surface area (TPSA) is 75.4 Å². The standard InChI is InChI=1S/C16H21N3O3S/c1-23(20,21)18-14-7-9-19(10-8-14)12-15-11-16(17-22-15)13-5-3-2-4-6-13/h2-6,11,14,18H,7-10,12H2,1H3. The van der Waals surface area contributed by atoms with Gasteiger partial charge in [-0.15, -0.1) is 0 Å². The van der Waals surface area contributed by atoms with E-state index in [4.69, 9.17) is 4.52 Å². The number of rotatable bonds is 5. The summed E-state index contributed by atoms with van der Waals surface area (Å²) in [6.07, 6.45) is 2.83. The third kappa shape index (κ3) is 4.63. The predicted molar refractivity (Wildman–Crippen MR) is 88.2 cm³/mol. The smallest absolute Gasteiger partial charge is 0.208 e. The fraction of sp³-hybridized carbons (Fsp3) is 0.438. The second kappa shape index (κ2) is 6.82. The molecule has 0 spiro atoms. The third-order valence-corrected chi connectivity index (χ3v) is 4.74. The molecule has 1 aromatic heterocycles. The maximum atomic E-state index is 11.3. The maximum absolute atomic E-state index is 11.3. The van der Waals surface area contributed by atoms with Gasteiger partial charge in [0.1, 0.15) is 5.69 Å². The van der Waals surface area contributed by atoms with E-state index in [9.17, 15) is 8.42 Å². The number of likely N-dealkylation sites (tertiary alicyclic amines) is 1. The van der Waals surface area contributed by atoms with Gasteiger partial charge in [0.15, 0.2) is 5.76 Å². The first-order chi connectivity index (χ1) is 11.0. The zero-order valence-corrected chi connectivity index (χ0v) is 13.9. The van der Waals surface area contributed by atoms with E-state index in [-0.39, 0.29) is 6.04 Å². The van der Waals surface area contributed by atoms with Crippen LogP contribution in [0.2, 0.25) is 0 Å². The minimum Gasteiger partial charge on any atom is -0.359 e. The maximum Gasteiger partial charge on any atom is 0.208 e. The number of sulfonamides is 1.